The summed E-state index contributed by atoms with van der Waals surface area (Å²) in [5, 5.41) is 1.55. The van der Waals surface area contributed by atoms with Gasteiger partial charge in [0.25, 0.3) is 0 Å². The lowest BCUT2D eigenvalue weighted by molar-refractivity contribution is 0.221. The summed E-state index contributed by atoms with van der Waals surface area (Å²) >= 11 is 12.5. The topological polar surface area (TPSA) is 26.0 Å². The molecule has 1 aromatic carbocycles. The summed E-state index contributed by atoms with van der Waals surface area (Å²) in [6.07, 6.45) is 7.13. The SMILES string of the molecule is CCCC1CCC(N)C(Cc2c(Cl)cccc2Cl)C1. The van der Waals surface area contributed by atoms with Gasteiger partial charge in [-0.05, 0) is 55.2 Å². The fraction of sp³-hybridized carbons (Fsp3) is 0.625. The van der Waals surface area contributed by atoms with Crippen molar-refractivity contribution in [2.24, 2.45) is 17.6 Å². The van der Waals surface area contributed by atoms with Crippen molar-refractivity contribution in [1.82, 2.24) is 0 Å². The van der Waals surface area contributed by atoms with E-state index < -0.39 is 0 Å². The summed E-state index contributed by atoms with van der Waals surface area (Å²) in [7, 11) is 0. The molecule has 106 valence electrons. The van der Waals surface area contributed by atoms with Gasteiger partial charge in [-0.25, -0.2) is 0 Å². The van der Waals surface area contributed by atoms with E-state index in [2.05, 4.69) is 6.92 Å². The van der Waals surface area contributed by atoms with Gasteiger partial charge in [-0.15, -0.1) is 0 Å². The molecular weight excluding hydrogens is 277 g/mol. The predicted molar refractivity (Wildman–Crippen MR) is 83.9 cm³/mol. The van der Waals surface area contributed by atoms with Crippen LogP contribution in [-0.4, -0.2) is 6.04 Å². The Morgan fingerprint density at radius 1 is 1.21 bits per heavy atom. The molecule has 3 heteroatoms. The first-order valence-electron chi connectivity index (χ1n) is 7.30. The second-order valence-electron chi connectivity index (χ2n) is 5.80. The van der Waals surface area contributed by atoms with Gasteiger partial charge in [0.2, 0.25) is 0 Å². The molecule has 0 saturated heterocycles. The van der Waals surface area contributed by atoms with Gasteiger partial charge in [0.1, 0.15) is 0 Å². The van der Waals surface area contributed by atoms with Gasteiger partial charge < -0.3 is 5.73 Å². The lowest BCUT2D eigenvalue weighted by Crippen LogP contribution is -2.37. The van der Waals surface area contributed by atoms with Crippen molar-refractivity contribution in [2.75, 3.05) is 0 Å². The molecule has 2 N–H and O–H groups in total. The predicted octanol–water partition coefficient (Wildman–Crippen LogP) is 5.08. The zero-order chi connectivity index (χ0) is 13.8. The Labute approximate surface area is 126 Å². The van der Waals surface area contributed by atoms with Gasteiger partial charge in [-0.3, -0.25) is 0 Å². The third-order valence-corrected chi connectivity index (χ3v) is 5.08. The maximum absolute atomic E-state index is 6.30. The van der Waals surface area contributed by atoms with Crippen molar-refractivity contribution >= 4 is 23.2 Å². The van der Waals surface area contributed by atoms with Gasteiger partial charge >= 0.3 is 0 Å². The Bertz CT molecular complexity index is 399. The molecule has 3 atom stereocenters. The average Bonchev–Trinajstić information content (AvgIpc) is 2.38. The molecule has 0 spiro atoms. The minimum Gasteiger partial charge on any atom is -0.327 e. The van der Waals surface area contributed by atoms with Crippen LogP contribution in [0.2, 0.25) is 10.0 Å². The van der Waals surface area contributed by atoms with E-state index in [1.807, 2.05) is 18.2 Å². The van der Waals surface area contributed by atoms with Crippen LogP contribution in [0.5, 0.6) is 0 Å². The monoisotopic (exact) mass is 299 g/mol. The molecule has 1 fully saturated rings. The molecule has 1 aromatic rings. The van der Waals surface area contributed by atoms with Crippen molar-refractivity contribution < 1.29 is 0 Å². The largest absolute Gasteiger partial charge is 0.327 e. The van der Waals surface area contributed by atoms with E-state index in [4.69, 9.17) is 28.9 Å². The number of hydrogen-bond donors (Lipinski definition) is 1. The number of halogens is 2. The highest BCUT2D eigenvalue weighted by atomic mass is 35.5. The second-order valence-corrected chi connectivity index (χ2v) is 6.61. The Kier molecular flexibility index (Phi) is 5.56. The number of hydrogen-bond acceptors (Lipinski definition) is 1. The molecule has 1 saturated carbocycles. The lowest BCUT2D eigenvalue weighted by atomic mass is 9.74. The molecule has 0 amide bonds. The van der Waals surface area contributed by atoms with Gasteiger partial charge in [0, 0.05) is 16.1 Å². The van der Waals surface area contributed by atoms with Crippen molar-refractivity contribution in [3.8, 4) is 0 Å². The van der Waals surface area contributed by atoms with Crippen LogP contribution in [0.1, 0.15) is 44.6 Å². The first-order valence-corrected chi connectivity index (χ1v) is 8.05. The third kappa shape index (κ3) is 3.87. The van der Waals surface area contributed by atoms with E-state index in [9.17, 15) is 0 Å². The van der Waals surface area contributed by atoms with E-state index in [-0.39, 0.29) is 0 Å². The van der Waals surface area contributed by atoms with Crippen molar-refractivity contribution in [3.63, 3.8) is 0 Å². The quantitative estimate of drug-likeness (QED) is 0.824. The molecule has 0 bridgehead atoms. The number of benzene rings is 1. The van der Waals surface area contributed by atoms with Crippen molar-refractivity contribution in [2.45, 2.75) is 51.5 Å². The van der Waals surface area contributed by atoms with Crippen LogP contribution in [0.15, 0.2) is 18.2 Å². The standard InChI is InChI=1S/C16H23Cl2N/c1-2-4-11-7-8-16(19)12(9-11)10-13-14(17)5-3-6-15(13)18/h3,5-6,11-12,16H,2,4,7-10,19H2,1H3. The highest BCUT2D eigenvalue weighted by Gasteiger charge is 2.28. The molecule has 1 nitrogen and oxygen atoms in total. The molecular formula is C16H23Cl2N. The highest BCUT2D eigenvalue weighted by molar-refractivity contribution is 6.35. The van der Waals surface area contributed by atoms with Crippen molar-refractivity contribution in [3.05, 3.63) is 33.8 Å². The normalized spacial score (nSPS) is 27.5. The van der Waals surface area contributed by atoms with Gasteiger partial charge in [-0.1, -0.05) is 49.0 Å². The Hall–Kier alpha value is -0.240. The first-order chi connectivity index (χ1) is 9.11. The van der Waals surface area contributed by atoms with E-state index in [1.165, 1.54) is 25.7 Å². The fourth-order valence-electron chi connectivity index (χ4n) is 3.28. The van der Waals surface area contributed by atoms with Crippen LogP contribution >= 0.6 is 23.2 Å². The molecule has 0 aliphatic heterocycles. The van der Waals surface area contributed by atoms with E-state index >= 15 is 0 Å². The van der Waals surface area contributed by atoms with E-state index in [0.717, 1.165) is 34.4 Å². The molecule has 3 unspecified atom stereocenters. The summed E-state index contributed by atoms with van der Waals surface area (Å²) in [5.41, 5.74) is 7.37. The highest BCUT2D eigenvalue weighted by Crippen LogP contribution is 2.36. The van der Waals surface area contributed by atoms with Gasteiger partial charge in [0.15, 0.2) is 0 Å². The van der Waals surface area contributed by atoms with Crippen LogP contribution < -0.4 is 5.73 Å². The summed E-state index contributed by atoms with van der Waals surface area (Å²) in [5.74, 6) is 1.35. The second kappa shape index (κ2) is 6.97. The van der Waals surface area contributed by atoms with E-state index in [0.29, 0.717) is 12.0 Å². The van der Waals surface area contributed by atoms with Crippen LogP contribution in [0.25, 0.3) is 0 Å². The van der Waals surface area contributed by atoms with Crippen LogP contribution in [0.4, 0.5) is 0 Å². The summed E-state index contributed by atoms with van der Waals surface area (Å²) < 4.78 is 0. The zero-order valence-electron chi connectivity index (χ0n) is 11.5. The fourth-order valence-corrected chi connectivity index (χ4v) is 3.83. The maximum atomic E-state index is 6.30. The molecule has 1 aliphatic carbocycles. The van der Waals surface area contributed by atoms with Crippen LogP contribution in [0.3, 0.4) is 0 Å². The van der Waals surface area contributed by atoms with Crippen LogP contribution in [-0.2, 0) is 6.42 Å². The van der Waals surface area contributed by atoms with Crippen molar-refractivity contribution in [1.29, 1.82) is 0 Å². The maximum Gasteiger partial charge on any atom is 0.0452 e. The Morgan fingerprint density at radius 2 is 1.89 bits per heavy atom. The summed E-state index contributed by atoms with van der Waals surface area (Å²) in [6, 6.07) is 6.02. The minimum absolute atomic E-state index is 0.292. The Morgan fingerprint density at radius 3 is 2.53 bits per heavy atom. The van der Waals surface area contributed by atoms with Gasteiger partial charge in [-0.2, -0.15) is 0 Å². The zero-order valence-corrected chi connectivity index (χ0v) is 13.1. The molecule has 2 rings (SSSR count). The first kappa shape index (κ1) is 15.2. The van der Waals surface area contributed by atoms with Crippen LogP contribution in [0, 0.1) is 11.8 Å². The molecule has 19 heavy (non-hydrogen) atoms. The number of nitrogens with two attached hydrogens (primary N) is 1. The lowest BCUT2D eigenvalue weighted by Gasteiger charge is -2.34. The van der Waals surface area contributed by atoms with Gasteiger partial charge in [0.05, 0.1) is 0 Å². The summed E-state index contributed by atoms with van der Waals surface area (Å²) in [6.45, 7) is 2.26. The molecule has 0 heterocycles. The smallest absolute Gasteiger partial charge is 0.0452 e. The molecule has 1 aliphatic rings. The average molecular weight is 300 g/mol. The molecule has 0 radical (unpaired) electrons. The number of rotatable bonds is 4. The third-order valence-electron chi connectivity index (χ3n) is 4.37. The Balaban J connectivity index is 2.08. The molecule has 0 aromatic heterocycles. The minimum atomic E-state index is 0.292. The summed E-state index contributed by atoms with van der Waals surface area (Å²) in [4.78, 5) is 0. The van der Waals surface area contributed by atoms with E-state index in [1.54, 1.807) is 0 Å².